The van der Waals surface area contributed by atoms with E-state index >= 15 is 0 Å². The van der Waals surface area contributed by atoms with Crippen LogP contribution in [0.4, 0.5) is 5.69 Å². The molecule has 1 saturated heterocycles. The minimum absolute atomic E-state index is 0.0596. The third-order valence-electron chi connectivity index (χ3n) is 7.45. The van der Waals surface area contributed by atoms with Crippen LogP contribution in [0.1, 0.15) is 52.7 Å². The fraction of sp³-hybridized carbons (Fsp3) is 0.556. The summed E-state index contributed by atoms with van der Waals surface area (Å²) in [5.74, 6) is 0.159. The lowest BCUT2D eigenvalue weighted by Gasteiger charge is -2.39. The average molecular weight is 484 g/mol. The van der Waals surface area contributed by atoms with Gasteiger partial charge in [0.25, 0.3) is 11.5 Å². The second-order valence-corrected chi connectivity index (χ2v) is 10.7. The number of ether oxygens (including phenoxy) is 2. The number of fused-ring (bicyclic) bond motifs is 1. The lowest BCUT2D eigenvalue weighted by molar-refractivity contribution is -0.172. The van der Waals surface area contributed by atoms with Crippen molar-refractivity contribution in [3.8, 4) is 0 Å². The van der Waals surface area contributed by atoms with E-state index in [2.05, 4.69) is 11.4 Å². The molecule has 5 rings (SSSR count). The largest absolute Gasteiger partial charge is 0.387 e. The van der Waals surface area contributed by atoms with Crippen LogP contribution >= 0.6 is 0 Å². The molecule has 3 aliphatic carbocycles. The molecule has 1 aromatic heterocycles. The molecule has 1 fully saturated rings. The van der Waals surface area contributed by atoms with Gasteiger partial charge < -0.3 is 29.4 Å². The molecule has 0 aromatic carbocycles. The number of aromatic nitrogens is 1. The maximum Gasteiger partial charge on any atom is 0.273 e. The smallest absolute Gasteiger partial charge is 0.273 e. The molecule has 2 N–H and O–H groups in total. The summed E-state index contributed by atoms with van der Waals surface area (Å²) in [5, 5.41) is 13.8. The van der Waals surface area contributed by atoms with Crippen molar-refractivity contribution in [1.82, 2.24) is 9.47 Å². The van der Waals surface area contributed by atoms with Crippen molar-refractivity contribution in [1.29, 1.82) is 0 Å². The minimum atomic E-state index is -1.04. The number of allylic oxidation sites excluding steroid dienone is 4. The van der Waals surface area contributed by atoms with Crippen molar-refractivity contribution >= 4 is 11.6 Å². The molecular formula is C27H37N3O5. The summed E-state index contributed by atoms with van der Waals surface area (Å²) < 4.78 is 13.1. The third kappa shape index (κ3) is 5.15. The van der Waals surface area contributed by atoms with E-state index in [9.17, 15) is 14.7 Å². The fourth-order valence-corrected chi connectivity index (χ4v) is 4.40. The van der Waals surface area contributed by atoms with Crippen molar-refractivity contribution in [3.63, 3.8) is 0 Å². The van der Waals surface area contributed by atoms with Gasteiger partial charge >= 0.3 is 0 Å². The molecule has 2 heterocycles. The summed E-state index contributed by atoms with van der Waals surface area (Å²) in [5.41, 5.74) is 1.97. The molecule has 1 aromatic rings. The van der Waals surface area contributed by atoms with Crippen molar-refractivity contribution in [3.05, 3.63) is 63.3 Å². The van der Waals surface area contributed by atoms with Crippen LogP contribution in [0.15, 0.2) is 52.1 Å². The number of carbonyl (C=O) groups excluding carboxylic acids is 1. The number of hydrogen-bond acceptors (Lipinski definition) is 6. The summed E-state index contributed by atoms with van der Waals surface area (Å²) in [7, 11) is 1.71. The van der Waals surface area contributed by atoms with Crippen molar-refractivity contribution < 1.29 is 19.4 Å². The SMILES string of the molecule is CC(OC(C)(C)C(C)(C)O)c1cc(NC2=CC=C(C(=O)N3CCOCC3)C3C=C2C3)c(=O)n(C)c1. The Balaban J connectivity index is 1.57. The molecule has 1 amide bonds. The predicted octanol–water partition coefficient (Wildman–Crippen LogP) is 3.05. The van der Waals surface area contributed by atoms with Gasteiger partial charge in [0, 0.05) is 43.5 Å². The van der Waals surface area contributed by atoms with Crippen LogP contribution in [0.3, 0.4) is 0 Å². The van der Waals surface area contributed by atoms with Crippen molar-refractivity contribution in [2.24, 2.45) is 13.0 Å². The van der Waals surface area contributed by atoms with E-state index in [0.29, 0.717) is 32.0 Å². The molecule has 0 saturated carbocycles. The molecule has 8 heteroatoms. The fourth-order valence-electron chi connectivity index (χ4n) is 4.40. The van der Waals surface area contributed by atoms with E-state index in [4.69, 9.17) is 9.47 Å². The molecule has 8 nitrogen and oxygen atoms in total. The molecule has 35 heavy (non-hydrogen) atoms. The lowest BCUT2D eigenvalue weighted by Crippen LogP contribution is -2.47. The normalized spacial score (nSPS) is 21.3. The number of pyridine rings is 1. The summed E-state index contributed by atoms with van der Waals surface area (Å²) in [4.78, 5) is 27.8. The Morgan fingerprint density at radius 1 is 1.23 bits per heavy atom. The molecule has 1 aliphatic heterocycles. The van der Waals surface area contributed by atoms with Gasteiger partial charge in [0.1, 0.15) is 5.69 Å². The quantitative estimate of drug-likeness (QED) is 0.619. The third-order valence-corrected chi connectivity index (χ3v) is 7.45. The topological polar surface area (TPSA) is 93.0 Å². The number of aliphatic hydroxyl groups is 1. The summed E-state index contributed by atoms with van der Waals surface area (Å²) >= 11 is 0. The summed E-state index contributed by atoms with van der Waals surface area (Å²) in [6.07, 6.45) is 8.06. The van der Waals surface area contributed by atoms with Crippen LogP contribution in [0.25, 0.3) is 0 Å². The second kappa shape index (κ2) is 9.41. The van der Waals surface area contributed by atoms with Crippen molar-refractivity contribution in [2.45, 2.75) is 58.3 Å². The van der Waals surface area contributed by atoms with Crippen LogP contribution < -0.4 is 10.9 Å². The Morgan fingerprint density at radius 3 is 2.51 bits per heavy atom. The van der Waals surface area contributed by atoms with Gasteiger partial charge in [-0.2, -0.15) is 0 Å². The lowest BCUT2D eigenvalue weighted by atomic mass is 9.81. The molecule has 2 unspecified atom stereocenters. The van der Waals surface area contributed by atoms with Gasteiger partial charge in [0.05, 0.1) is 30.5 Å². The molecule has 0 radical (unpaired) electrons. The van der Waals surface area contributed by atoms with Gasteiger partial charge in [-0.3, -0.25) is 9.59 Å². The van der Waals surface area contributed by atoms with Crippen LogP contribution in [0, 0.1) is 5.92 Å². The first kappa shape index (κ1) is 25.4. The number of hydrogen-bond donors (Lipinski definition) is 2. The highest BCUT2D eigenvalue weighted by Gasteiger charge is 2.38. The van der Waals surface area contributed by atoms with E-state index in [1.165, 1.54) is 4.57 Å². The maximum atomic E-state index is 13.0. The number of nitrogens with one attached hydrogen (secondary N) is 1. The maximum absolute atomic E-state index is 13.0. The molecule has 4 aliphatic rings. The van der Waals surface area contributed by atoms with E-state index in [0.717, 1.165) is 28.8 Å². The number of aryl methyl sites for hydroxylation is 1. The first-order valence-corrected chi connectivity index (χ1v) is 12.2. The van der Waals surface area contributed by atoms with Gasteiger partial charge in [0.15, 0.2) is 0 Å². The Hall–Kier alpha value is -2.68. The number of amides is 1. The van der Waals surface area contributed by atoms with Crippen LogP contribution in [0.2, 0.25) is 0 Å². The van der Waals surface area contributed by atoms with E-state index in [-0.39, 0.29) is 23.5 Å². The first-order chi connectivity index (χ1) is 16.4. The molecule has 2 atom stereocenters. The Labute approximate surface area is 206 Å². The number of rotatable bonds is 7. The monoisotopic (exact) mass is 483 g/mol. The molecular weight excluding hydrogens is 446 g/mol. The zero-order valence-electron chi connectivity index (χ0n) is 21.6. The molecule has 2 bridgehead atoms. The highest BCUT2D eigenvalue weighted by molar-refractivity contribution is 5.95. The standard InChI is InChI=1S/C27H37N3O5/c1-17(35-27(4,5)26(2,3)33)20-15-23(25(32)29(6)16-20)28-22-8-7-21(18-13-19(22)14-18)24(31)30-9-11-34-12-10-30/h7-8,13,15-18,28,33H,9-12,14H2,1-6H3. The Morgan fingerprint density at radius 2 is 1.89 bits per heavy atom. The molecule has 190 valence electrons. The highest BCUT2D eigenvalue weighted by Crippen LogP contribution is 2.40. The van der Waals surface area contributed by atoms with Crippen LogP contribution in [0.5, 0.6) is 0 Å². The second-order valence-electron chi connectivity index (χ2n) is 10.7. The van der Waals surface area contributed by atoms with E-state index in [1.54, 1.807) is 33.2 Å². The number of carbonyl (C=O) groups is 1. The Kier molecular flexibility index (Phi) is 6.83. The Bertz CT molecular complexity index is 1150. The zero-order valence-corrected chi connectivity index (χ0v) is 21.6. The van der Waals surface area contributed by atoms with E-state index < -0.39 is 11.2 Å². The highest BCUT2D eigenvalue weighted by atomic mass is 16.5. The van der Waals surface area contributed by atoms with Crippen molar-refractivity contribution in [2.75, 3.05) is 31.6 Å². The predicted molar refractivity (Wildman–Crippen MR) is 135 cm³/mol. The van der Waals surface area contributed by atoms with Crippen LogP contribution in [-0.4, -0.2) is 58.0 Å². The molecule has 0 spiro atoms. The first-order valence-electron chi connectivity index (χ1n) is 12.2. The minimum Gasteiger partial charge on any atom is -0.387 e. The van der Waals surface area contributed by atoms with Gasteiger partial charge in [-0.05, 0) is 64.3 Å². The summed E-state index contributed by atoms with van der Waals surface area (Å²) in [6, 6.07) is 1.80. The van der Waals surface area contributed by atoms with Gasteiger partial charge in [-0.15, -0.1) is 0 Å². The average Bonchev–Trinajstić information content (AvgIpc) is 3.04. The summed E-state index contributed by atoms with van der Waals surface area (Å²) in [6.45, 7) is 11.4. The number of nitrogens with zero attached hydrogens (tertiary/aromatic N) is 2. The van der Waals surface area contributed by atoms with Gasteiger partial charge in [-0.25, -0.2) is 0 Å². The van der Waals surface area contributed by atoms with Gasteiger partial charge in [0.2, 0.25) is 0 Å². The van der Waals surface area contributed by atoms with Gasteiger partial charge in [-0.1, -0.05) is 12.2 Å². The zero-order chi connectivity index (χ0) is 25.5. The van der Waals surface area contributed by atoms with E-state index in [1.807, 2.05) is 37.8 Å². The number of morpholine rings is 1. The number of anilines is 1. The van der Waals surface area contributed by atoms with Crippen LogP contribution in [-0.2, 0) is 21.3 Å².